The number of primary sulfonamides is 1. The first-order valence-electron chi connectivity index (χ1n) is 7.00. The molecule has 0 radical (unpaired) electrons. The van der Waals surface area contributed by atoms with Gasteiger partial charge in [0.05, 0.1) is 4.90 Å². The molecule has 1 aromatic rings. The van der Waals surface area contributed by atoms with Crippen molar-refractivity contribution in [2.45, 2.75) is 36.7 Å². The maximum absolute atomic E-state index is 11.2. The average molecular weight is 292 g/mol. The van der Waals surface area contributed by atoms with E-state index in [1.807, 2.05) is 12.1 Å². The molecule has 4 unspecified atom stereocenters. The lowest BCUT2D eigenvalue weighted by Gasteiger charge is -2.42. The lowest BCUT2D eigenvalue weighted by molar-refractivity contribution is 0.152. The Morgan fingerprint density at radius 1 is 1.30 bits per heavy atom. The van der Waals surface area contributed by atoms with Crippen LogP contribution in [-0.4, -0.2) is 14.5 Å². The van der Waals surface area contributed by atoms with Gasteiger partial charge in [0, 0.05) is 12.1 Å². The summed E-state index contributed by atoms with van der Waals surface area (Å²) < 4.78 is 22.5. The summed E-state index contributed by atoms with van der Waals surface area (Å²) in [6, 6.07) is 7.57. The topological polar surface area (TPSA) is 72.2 Å². The highest BCUT2D eigenvalue weighted by atomic mass is 32.2. The number of rotatable bonds is 4. The first-order valence-corrected chi connectivity index (χ1v) is 8.55. The van der Waals surface area contributed by atoms with Gasteiger partial charge in [0.25, 0.3) is 0 Å². The van der Waals surface area contributed by atoms with E-state index in [0.717, 1.165) is 11.5 Å². The largest absolute Gasteiger partial charge is 0.307 e. The quantitative estimate of drug-likeness (QED) is 0.833. The molecule has 0 aromatic heterocycles. The molecule has 1 fully saturated rings. The van der Waals surface area contributed by atoms with E-state index in [9.17, 15) is 8.42 Å². The van der Waals surface area contributed by atoms with E-state index in [1.165, 1.54) is 12.8 Å². The summed E-state index contributed by atoms with van der Waals surface area (Å²) in [5.41, 5.74) is 1.09. The van der Waals surface area contributed by atoms with E-state index in [0.29, 0.717) is 12.0 Å². The van der Waals surface area contributed by atoms with Crippen LogP contribution in [0.5, 0.6) is 0 Å². The van der Waals surface area contributed by atoms with Crippen molar-refractivity contribution in [3.63, 3.8) is 0 Å². The van der Waals surface area contributed by atoms with E-state index in [-0.39, 0.29) is 10.9 Å². The highest BCUT2D eigenvalue weighted by Crippen LogP contribution is 2.43. The van der Waals surface area contributed by atoms with Crippen LogP contribution in [0.25, 0.3) is 0 Å². The van der Waals surface area contributed by atoms with E-state index in [4.69, 9.17) is 5.14 Å². The predicted octanol–water partition coefficient (Wildman–Crippen LogP) is 1.95. The lowest BCUT2D eigenvalue weighted by atomic mass is 9.71. The molecule has 0 aliphatic heterocycles. The van der Waals surface area contributed by atoms with Crippen LogP contribution < -0.4 is 10.5 Å². The highest BCUT2D eigenvalue weighted by Gasteiger charge is 2.41. The third-order valence-electron chi connectivity index (χ3n) is 4.54. The fraction of sp³-hybridized carbons (Fsp3) is 0.467. The summed E-state index contributed by atoms with van der Waals surface area (Å²) in [5.74, 6) is 1.52. The number of hydrogen-bond donors (Lipinski definition) is 2. The zero-order chi connectivity index (χ0) is 14.3. The van der Waals surface area contributed by atoms with Crippen molar-refractivity contribution >= 4 is 10.0 Å². The summed E-state index contributed by atoms with van der Waals surface area (Å²) in [6.07, 6.45) is 7.06. The van der Waals surface area contributed by atoms with E-state index >= 15 is 0 Å². The number of benzene rings is 1. The molecule has 0 amide bonds. The molecule has 2 aliphatic rings. The van der Waals surface area contributed by atoms with Crippen LogP contribution in [-0.2, 0) is 10.0 Å². The van der Waals surface area contributed by atoms with Crippen LogP contribution in [0.3, 0.4) is 0 Å². The number of fused-ring (bicyclic) bond motifs is 1. The second-order valence-electron chi connectivity index (χ2n) is 5.85. The standard InChI is InChI=1S/C15H20N2O2S/c1-10(17-15-9-12-3-2-4-14(12)15)11-5-7-13(8-6-11)20(16,18)19/h2,4-8,10,12,14-15,17H,3,9H2,1H3,(H2,16,18,19). The number of nitrogens with one attached hydrogen (secondary N) is 1. The first kappa shape index (κ1) is 13.8. The van der Waals surface area contributed by atoms with Crippen LogP contribution in [0, 0.1) is 11.8 Å². The van der Waals surface area contributed by atoms with Crippen LogP contribution >= 0.6 is 0 Å². The van der Waals surface area contributed by atoms with Gasteiger partial charge in [-0.15, -0.1) is 0 Å². The molecule has 5 heteroatoms. The lowest BCUT2D eigenvalue weighted by Crippen LogP contribution is -2.48. The van der Waals surface area contributed by atoms with Gasteiger partial charge in [0.2, 0.25) is 10.0 Å². The molecule has 1 aromatic carbocycles. The van der Waals surface area contributed by atoms with Crippen LogP contribution in [0.4, 0.5) is 0 Å². The third-order valence-corrected chi connectivity index (χ3v) is 5.46. The van der Waals surface area contributed by atoms with Crippen molar-refractivity contribution in [2.24, 2.45) is 17.0 Å². The van der Waals surface area contributed by atoms with Gasteiger partial charge in [-0.05, 0) is 49.3 Å². The van der Waals surface area contributed by atoms with E-state index in [2.05, 4.69) is 24.4 Å². The molecule has 4 nitrogen and oxygen atoms in total. The van der Waals surface area contributed by atoms with Crippen molar-refractivity contribution < 1.29 is 8.42 Å². The minimum absolute atomic E-state index is 0.163. The van der Waals surface area contributed by atoms with Crippen LogP contribution in [0.15, 0.2) is 41.3 Å². The number of sulfonamides is 1. The molecule has 0 heterocycles. The number of allylic oxidation sites excluding steroid dienone is 1. The zero-order valence-electron chi connectivity index (χ0n) is 11.5. The second kappa shape index (κ2) is 4.98. The molecule has 108 valence electrons. The minimum atomic E-state index is -3.60. The predicted molar refractivity (Wildman–Crippen MR) is 78.5 cm³/mol. The Hall–Kier alpha value is -1.17. The third kappa shape index (κ3) is 2.53. The summed E-state index contributed by atoms with van der Waals surface area (Å²) in [4.78, 5) is 0.163. The molecule has 3 rings (SSSR count). The Labute approximate surface area is 120 Å². The van der Waals surface area contributed by atoms with Crippen LogP contribution in [0.1, 0.15) is 31.4 Å². The Bertz CT molecular complexity index is 622. The fourth-order valence-electron chi connectivity index (χ4n) is 3.27. The van der Waals surface area contributed by atoms with Gasteiger partial charge in [-0.25, -0.2) is 13.6 Å². The SMILES string of the molecule is CC(NC1CC2CC=CC21)c1ccc(S(N)(=O)=O)cc1. The van der Waals surface area contributed by atoms with E-state index in [1.54, 1.807) is 12.1 Å². The van der Waals surface area contributed by atoms with Gasteiger partial charge < -0.3 is 5.32 Å². The maximum Gasteiger partial charge on any atom is 0.238 e. The van der Waals surface area contributed by atoms with Gasteiger partial charge in [0.1, 0.15) is 0 Å². The Morgan fingerprint density at radius 2 is 2.00 bits per heavy atom. The normalized spacial score (nSPS) is 29.8. The molecule has 3 N–H and O–H groups in total. The molecule has 0 spiro atoms. The summed E-state index contributed by atoms with van der Waals surface area (Å²) in [6.45, 7) is 2.11. The van der Waals surface area contributed by atoms with Crippen molar-refractivity contribution in [2.75, 3.05) is 0 Å². The summed E-state index contributed by atoms with van der Waals surface area (Å²) in [7, 11) is -3.60. The molecule has 2 aliphatic carbocycles. The van der Waals surface area contributed by atoms with Crippen molar-refractivity contribution in [1.82, 2.24) is 5.32 Å². The Balaban J connectivity index is 1.65. The maximum atomic E-state index is 11.2. The van der Waals surface area contributed by atoms with Crippen LogP contribution in [0.2, 0.25) is 0 Å². The number of hydrogen-bond acceptors (Lipinski definition) is 3. The smallest absolute Gasteiger partial charge is 0.238 e. The van der Waals surface area contributed by atoms with Crippen molar-refractivity contribution in [3.8, 4) is 0 Å². The molecular formula is C15H20N2O2S. The monoisotopic (exact) mass is 292 g/mol. The Morgan fingerprint density at radius 3 is 2.60 bits per heavy atom. The minimum Gasteiger partial charge on any atom is -0.307 e. The van der Waals surface area contributed by atoms with Crippen molar-refractivity contribution in [1.29, 1.82) is 0 Å². The van der Waals surface area contributed by atoms with Gasteiger partial charge in [-0.1, -0.05) is 24.3 Å². The summed E-state index contributed by atoms with van der Waals surface area (Å²) >= 11 is 0. The number of nitrogens with two attached hydrogens (primary N) is 1. The molecule has 1 saturated carbocycles. The molecular weight excluding hydrogens is 272 g/mol. The van der Waals surface area contributed by atoms with E-state index < -0.39 is 10.0 Å². The fourth-order valence-corrected chi connectivity index (χ4v) is 3.79. The van der Waals surface area contributed by atoms with Crippen molar-refractivity contribution in [3.05, 3.63) is 42.0 Å². The first-order chi connectivity index (χ1) is 9.45. The van der Waals surface area contributed by atoms with Gasteiger partial charge in [-0.2, -0.15) is 0 Å². The molecule has 4 atom stereocenters. The van der Waals surface area contributed by atoms with Gasteiger partial charge in [-0.3, -0.25) is 0 Å². The van der Waals surface area contributed by atoms with Gasteiger partial charge >= 0.3 is 0 Å². The highest BCUT2D eigenvalue weighted by molar-refractivity contribution is 7.89. The average Bonchev–Trinajstić information content (AvgIpc) is 2.76. The molecule has 0 bridgehead atoms. The Kier molecular flexibility index (Phi) is 3.44. The van der Waals surface area contributed by atoms with Gasteiger partial charge in [0.15, 0.2) is 0 Å². The molecule has 20 heavy (non-hydrogen) atoms. The zero-order valence-corrected chi connectivity index (χ0v) is 12.3. The molecule has 0 saturated heterocycles. The summed E-state index contributed by atoms with van der Waals surface area (Å²) in [5, 5.41) is 8.73. The second-order valence-corrected chi connectivity index (χ2v) is 7.41.